The quantitative estimate of drug-likeness (QED) is 0.775. The Balaban J connectivity index is 2.67. The van der Waals surface area contributed by atoms with E-state index in [1.54, 1.807) is 13.3 Å². The molecular weight excluding hydrogens is 204 g/mol. The molecule has 4 heteroatoms. The van der Waals surface area contributed by atoms with Gasteiger partial charge in [-0.3, -0.25) is 0 Å². The molecule has 0 saturated carbocycles. The summed E-state index contributed by atoms with van der Waals surface area (Å²) in [7, 11) is 1.60. The van der Waals surface area contributed by atoms with E-state index in [9.17, 15) is 5.11 Å². The van der Waals surface area contributed by atoms with Crippen LogP contribution >= 0.6 is 0 Å². The number of hydrogen-bond acceptors (Lipinski definition) is 4. The number of nitrogens with one attached hydrogen (secondary N) is 1. The first-order chi connectivity index (χ1) is 7.65. The minimum absolute atomic E-state index is 0.110. The van der Waals surface area contributed by atoms with Gasteiger partial charge in [0.25, 0.3) is 0 Å². The molecule has 90 valence electrons. The first kappa shape index (κ1) is 12.8. The zero-order chi connectivity index (χ0) is 12.0. The number of pyridine rings is 1. The minimum Gasteiger partial charge on any atom is -0.480 e. The smallest absolute Gasteiger partial charge is 0.237 e. The molecule has 0 aliphatic rings. The molecule has 0 aliphatic heterocycles. The summed E-state index contributed by atoms with van der Waals surface area (Å²) in [6.45, 7) is 4.97. The average Bonchev–Trinajstić information content (AvgIpc) is 2.36. The lowest BCUT2D eigenvalue weighted by molar-refractivity contribution is 0.149. The van der Waals surface area contributed by atoms with Gasteiger partial charge in [0.15, 0.2) is 0 Å². The molecule has 0 spiro atoms. The van der Waals surface area contributed by atoms with E-state index in [1.165, 1.54) is 0 Å². The van der Waals surface area contributed by atoms with Crippen molar-refractivity contribution in [1.82, 2.24) is 4.98 Å². The van der Waals surface area contributed by atoms with E-state index in [4.69, 9.17) is 4.74 Å². The zero-order valence-corrected chi connectivity index (χ0v) is 10.2. The second kappa shape index (κ2) is 5.70. The molecule has 1 aromatic rings. The zero-order valence-electron chi connectivity index (χ0n) is 10.2. The van der Waals surface area contributed by atoms with Gasteiger partial charge in [-0.15, -0.1) is 0 Å². The third kappa shape index (κ3) is 3.10. The van der Waals surface area contributed by atoms with Crippen molar-refractivity contribution in [1.29, 1.82) is 0 Å². The van der Waals surface area contributed by atoms with Crippen LogP contribution in [0.3, 0.4) is 0 Å². The lowest BCUT2D eigenvalue weighted by atomic mass is 9.88. The molecule has 0 amide bonds. The summed E-state index contributed by atoms with van der Waals surface area (Å²) < 4.78 is 5.14. The highest BCUT2D eigenvalue weighted by atomic mass is 16.5. The van der Waals surface area contributed by atoms with Gasteiger partial charge < -0.3 is 15.2 Å². The first-order valence-electron chi connectivity index (χ1n) is 5.49. The van der Waals surface area contributed by atoms with Crippen molar-refractivity contribution < 1.29 is 9.84 Å². The predicted octanol–water partition coefficient (Wildman–Crippen LogP) is 1.91. The molecule has 0 aromatic carbocycles. The molecule has 1 atom stereocenters. The number of aliphatic hydroxyl groups is 1. The summed E-state index contributed by atoms with van der Waals surface area (Å²) in [6.07, 6.45) is 2.61. The Kier molecular flexibility index (Phi) is 4.55. The Morgan fingerprint density at radius 1 is 1.56 bits per heavy atom. The van der Waals surface area contributed by atoms with Crippen molar-refractivity contribution in [3.8, 4) is 5.88 Å². The number of nitrogens with zero attached hydrogens (tertiary/aromatic N) is 1. The summed E-state index contributed by atoms with van der Waals surface area (Å²) in [5, 5.41) is 12.6. The van der Waals surface area contributed by atoms with Gasteiger partial charge in [-0.2, -0.15) is 0 Å². The maximum atomic E-state index is 9.30. The van der Waals surface area contributed by atoms with Gasteiger partial charge in [0.2, 0.25) is 5.88 Å². The predicted molar refractivity (Wildman–Crippen MR) is 64.8 cm³/mol. The fraction of sp³-hybridized carbons (Fsp3) is 0.583. The van der Waals surface area contributed by atoms with Crippen LogP contribution < -0.4 is 10.1 Å². The maximum absolute atomic E-state index is 9.30. The van der Waals surface area contributed by atoms with Crippen molar-refractivity contribution in [3.05, 3.63) is 18.3 Å². The fourth-order valence-electron chi connectivity index (χ4n) is 1.29. The van der Waals surface area contributed by atoms with Crippen molar-refractivity contribution in [2.45, 2.75) is 20.3 Å². The van der Waals surface area contributed by atoms with E-state index in [0.717, 1.165) is 12.1 Å². The molecular formula is C12H20N2O2. The SMILES string of the molecule is CCC(C)(CO)CNc1cccnc1OC. The van der Waals surface area contributed by atoms with E-state index in [-0.39, 0.29) is 12.0 Å². The highest BCUT2D eigenvalue weighted by Gasteiger charge is 2.21. The van der Waals surface area contributed by atoms with Crippen LogP contribution in [0.15, 0.2) is 18.3 Å². The van der Waals surface area contributed by atoms with Crippen LogP contribution in [0.25, 0.3) is 0 Å². The van der Waals surface area contributed by atoms with Crippen LogP contribution in [0.4, 0.5) is 5.69 Å². The second-order valence-electron chi connectivity index (χ2n) is 4.24. The Hall–Kier alpha value is -1.29. The normalized spacial score (nSPS) is 14.2. The van der Waals surface area contributed by atoms with E-state index < -0.39 is 0 Å². The van der Waals surface area contributed by atoms with Crippen LogP contribution in [0, 0.1) is 5.41 Å². The third-order valence-electron chi connectivity index (χ3n) is 2.91. The van der Waals surface area contributed by atoms with Crippen LogP contribution in [0.5, 0.6) is 5.88 Å². The highest BCUT2D eigenvalue weighted by Crippen LogP contribution is 2.24. The summed E-state index contributed by atoms with van der Waals surface area (Å²) in [5.41, 5.74) is 0.749. The molecule has 1 aromatic heterocycles. The molecule has 0 aliphatic carbocycles. The largest absolute Gasteiger partial charge is 0.480 e. The van der Waals surface area contributed by atoms with Gasteiger partial charge in [-0.25, -0.2) is 4.98 Å². The Morgan fingerprint density at radius 2 is 2.31 bits per heavy atom. The summed E-state index contributed by atoms with van der Waals surface area (Å²) in [6, 6.07) is 3.77. The third-order valence-corrected chi connectivity index (χ3v) is 2.91. The standard InChI is InChI=1S/C12H20N2O2/c1-4-12(2,9-15)8-14-10-6-5-7-13-11(10)16-3/h5-7,14-15H,4,8-9H2,1-3H3. The minimum atomic E-state index is -0.110. The molecule has 0 saturated heterocycles. The molecule has 0 radical (unpaired) electrons. The molecule has 1 heterocycles. The van der Waals surface area contributed by atoms with Gasteiger partial charge >= 0.3 is 0 Å². The lowest BCUT2D eigenvalue weighted by Gasteiger charge is -2.26. The van der Waals surface area contributed by atoms with Crippen molar-refractivity contribution >= 4 is 5.69 Å². The average molecular weight is 224 g/mol. The van der Waals surface area contributed by atoms with Crippen LogP contribution in [0.1, 0.15) is 20.3 Å². The number of anilines is 1. The van der Waals surface area contributed by atoms with Gasteiger partial charge in [-0.1, -0.05) is 13.8 Å². The van der Waals surface area contributed by atoms with Gasteiger partial charge in [0, 0.05) is 18.2 Å². The van der Waals surface area contributed by atoms with Gasteiger partial charge in [0.05, 0.1) is 19.4 Å². The van der Waals surface area contributed by atoms with E-state index in [1.807, 2.05) is 19.1 Å². The Morgan fingerprint density at radius 3 is 2.88 bits per heavy atom. The van der Waals surface area contributed by atoms with Gasteiger partial charge in [0.1, 0.15) is 0 Å². The monoisotopic (exact) mass is 224 g/mol. The highest BCUT2D eigenvalue weighted by molar-refractivity contribution is 5.52. The van der Waals surface area contributed by atoms with Crippen molar-refractivity contribution in [3.63, 3.8) is 0 Å². The fourth-order valence-corrected chi connectivity index (χ4v) is 1.29. The first-order valence-corrected chi connectivity index (χ1v) is 5.49. The topological polar surface area (TPSA) is 54.4 Å². The number of methoxy groups -OCH3 is 1. The number of hydrogen-bond donors (Lipinski definition) is 2. The Labute approximate surface area is 96.7 Å². The maximum Gasteiger partial charge on any atom is 0.237 e. The molecule has 1 unspecified atom stereocenters. The van der Waals surface area contributed by atoms with E-state index >= 15 is 0 Å². The second-order valence-corrected chi connectivity index (χ2v) is 4.24. The molecule has 4 nitrogen and oxygen atoms in total. The molecule has 2 N–H and O–H groups in total. The Bertz CT molecular complexity index is 325. The van der Waals surface area contributed by atoms with Crippen LogP contribution in [-0.4, -0.2) is 30.4 Å². The number of aromatic nitrogens is 1. The molecule has 16 heavy (non-hydrogen) atoms. The molecule has 0 bridgehead atoms. The van der Waals surface area contributed by atoms with Crippen LogP contribution in [0.2, 0.25) is 0 Å². The van der Waals surface area contributed by atoms with Crippen molar-refractivity contribution in [2.75, 3.05) is 25.6 Å². The lowest BCUT2D eigenvalue weighted by Crippen LogP contribution is -2.29. The van der Waals surface area contributed by atoms with Gasteiger partial charge in [-0.05, 0) is 18.6 Å². The van der Waals surface area contributed by atoms with E-state index in [0.29, 0.717) is 12.4 Å². The molecule has 1 rings (SSSR count). The molecule has 0 fully saturated rings. The van der Waals surface area contributed by atoms with E-state index in [2.05, 4.69) is 17.2 Å². The summed E-state index contributed by atoms with van der Waals surface area (Å²) in [5.74, 6) is 0.582. The number of ether oxygens (including phenoxy) is 1. The number of aliphatic hydroxyl groups excluding tert-OH is 1. The van der Waals surface area contributed by atoms with Crippen LogP contribution in [-0.2, 0) is 0 Å². The number of rotatable bonds is 6. The summed E-state index contributed by atoms with van der Waals surface area (Å²) in [4.78, 5) is 4.10. The summed E-state index contributed by atoms with van der Waals surface area (Å²) >= 11 is 0. The van der Waals surface area contributed by atoms with Crippen molar-refractivity contribution in [2.24, 2.45) is 5.41 Å².